The summed E-state index contributed by atoms with van der Waals surface area (Å²) in [6.07, 6.45) is 19.1. The molecule has 7 fully saturated rings. The lowest BCUT2D eigenvalue weighted by Crippen LogP contribution is -2.73. The van der Waals surface area contributed by atoms with Crippen LogP contribution in [0.5, 0.6) is 0 Å². The summed E-state index contributed by atoms with van der Waals surface area (Å²) in [7, 11) is 0. The normalized spacial score (nSPS) is 58.7. The maximum Gasteiger partial charge on any atom is 0.309 e. The van der Waals surface area contributed by atoms with Crippen molar-refractivity contribution in [2.75, 3.05) is 6.61 Å². The standard InChI is InChI=1S/C37H60O4/c1-7-8-9-10-14-36-21-26-12-11-25-20-37(40)24(2)35(23-41-37)15-13-27(34(26,6)29(25)35)33(36,5)19-18-31(3)16-17-32(4,30(38)39)22-28(31)36/h24-29,40H,7-23H2,1-6H3,(H,38,39). The predicted octanol–water partition coefficient (Wildman–Crippen LogP) is 8.85. The number of fused-ring (bicyclic) bond motifs is 5. The van der Waals surface area contributed by atoms with Crippen molar-refractivity contribution in [3.8, 4) is 0 Å². The van der Waals surface area contributed by atoms with Gasteiger partial charge in [0.05, 0.1) is 12.0 Å². The van der Waals surface area contributed by atoms with E-state index < -0.39 is 17.2 Å². The Morgan fingerprint density at radius 2 is 1.63 bits per heavy atom. The molecule has 2 N–H and O–H groups in total. The van der Waals surface area contributed by atoms with Gasteiger partial charge in [-0.3, -0.25) is 4.79 Å². The van der Waals surface area contributed by atoms with Gasteiger partial charge in [0, 0.05) is 17.8 Å². The summed E-state index contributed by atoms with van der Waals surface area (Å²) in [5.74, 6) is 1.92. The van der Waals surface area contributed by atoms with Crippen molar-refractivity contribution in [1.82, 2.24) is 0 Å². The molecular weight excluding hydrogens is 508 g/mol. The molecule has 4 heteroatoms. The molecule has 4 nitrogen and oxygen atoms in total. The molecule has 0 aromatic rings. The smallest absolute Gasteiger partial charge is 0.309 e. The lowest BCUT2D eigenvalue weighted by Gasteiger charge is -2.79. The molecular formula is C37H60O4. The number of ether oxygens (including phenoxy) is 1. The van der Waals surface area contributed by atoms with Gasteiger partial charge in [-0.2, -0.15) is 0 Å². The molecule has 7 rings (SSSR count). The van der Waals surface area contributed by atoms with Crippen LogP contribution in [0.15, 0.2) is 0 Å². The van der Waals surface area contributed by atoms with Gasteiger partial charge in [-0.1, -0.05) is 60.3 Å². The molecule has 41 heavy (non-hydrogen) atoms. The van der Waals surface area contributed by atoms with E-state index in [9.17, 15) is 15.0 Å². The molecule has 232 valence electrons. The Hall–Kier alpha value is -0.610. The van der Waals surface area contributed by atoms with Crippen LogP contribution >= 0.6 is 0 Å². The van der Waals surface area contributed by atoms with Gasteiger partial charge in [0.1, 0.15) is 0 Å². The van der Waals surface area contributed by atoms with Gasteiger partial charge in [-0.05, 0) is 129 Å². The zero-order valence-electron chi connectivity index (χ0n) is 27.2. The molecule has 13 unspecified atom stereocenters. The molecule has 1 heterocycles. The fourth-order valence-corrected chi connectivity index (χ4v) is 14.7. The van der Waals surface area contributed by atoms with Crippen LogP contribution in [0.2, 0.25) is 0 Å². The van der Waals surface area contributed by atoms with Gasteiger partial charge in [0.15, 0.2) is 5.79 Å². The molecule has 6 aliphatic carbocycles. The van der Waals surface area contributed by atoms with Crippen LogP contribution < -0.4 is 0 Å². The minimum atomic E-state index is -0.908. The first-order valence-electron chi connectivity index (χ1n) is 17.8. The lowest BCUT2D eigenvalue weighted by atomic mass is 9.25. The highest BCUT2D eigenvalue weighted by Crippen LogP contribution is 2.83. The third-order valence-corrected chi connectivity index (χ3v) is 17.0. The fourth-order valence-electron chi connectivity index (χ4n) is 14.7. The second kappa shape index (κ2) is 8.98. The molecule has 0 radical (unpaired) electrons. The van der Waals surface area contributed by atoms with Crippen LogP contribution in [0.3, 0.4) is 0 Å². The number of aliphatic carboxylic acids is 1. The summed E-state index contributed by atoms with van der Waals surface area (Å²) in [6, 6.07) is 0. The van der Waals surface area contributed by atoms with E-state index in [4.69, 9.17) is 4.74 Å². The van der Waals surface area contributed by atoms with Crippen molar-refractivity contribution in [2.24, 2.45) is 68.0 Å². The van der Waals surface area contributed by atoms with E-state index in [1.807, 2.05) is 0 Å². The predicted molar refractivity (Wildman–Crippen MR) is 162 cm³/mol. The van der Waals surface area contributed by atoms with Gasteiger partial charge in [-0.15, -0.1) is 0 Å². The Morgan fingerprint density at radius 3 is 2.37 bits per heavy atom. The molecule has 6 saturated carbocycles. The van der Waals surface area contributed by atoms with E-state index in [0.29, 0.717) is 35.0 Å². The van der Waals surface area contributed by atoms with Crippen molar-refractivity contribution in [3.05, 3.63) is 0 Å². The van der Waals surface area contributed by atoms with Crippen molar-refractivity contribution >= 4 is 5.97 Å². The van der Waals surface area contributed by atoms with E-state index in [-0.39, 0.29) is 27.6 Å². The molecule has 2 bridgehead atoms. The number of hydrogen-bond acceptors (Lipinski definition) is 3. The summed E-state index contributed by atoms with van der Waals surface area (Å²) in [5.41, 5.74) is 0.614. The molecule has 0 aromatic carbocycles. The zero-order chi connectivity index (χ0) is 29.3. The maximum atomic E-state index is 12.8. The number of carboxylic acids is 1. The van der Waals surface area contributed by atoms with Crippen LogP contribution in [-0.4, -0.2) is 28.6 Å². The van der Waals surface area contributed by atoms with E-state index in [0.717, 1.165) is 32.3 Å². The Kier molecular flexibility index (Phi) is 6.38. The average molecular weight is 569 g/mol. The number of rotatable bonds is 6. The van der Waals surface area contributed by atoms with Crippen molar-refractivity contribution in [3.63, 3.8) is 0 Å². The van der Waals surface area contributed by atoms with Crippen LogP contribution in [0.4, 0.5) is 0 Å². The van der Waals surface area contributed by atoms with E-state index >= 15 is 0 Å². The molecule has 1 saturated heterocycles. The first-order chi connectivity index (χ1) is 19.2. The highest BCUT2D eigenvalue weighted by Gasteiger charge is 2.78. The quantitative estimate of drug-likeness (QED) is 0.314. The van der Waals surface area contributed by atoms with Gasteiger partial charge >= 0.3 is 5.97 Å². The zero-order valence-corrected chi connectivity index (χ0v) is 27.2. The van der Waals surface area contributed by atoms with Gasteiger partial charge in [0.2, 0.25) is 0 Å². The summed E-state index contributed by atoms with van der Waals surface area (Å²) in [5, 5.41) is 22.1. The molecule has 1 spiro atoms. The fraction of sp³-hybridized carbons (Fsp3) is 0.973. The Labute approximate surface area is 250 Å². The molecule has 7 aliphatic rings. The summed E-state index contributed by atoms with van der Waals surface area (Å²) in [4.78, 5) is 12.8. The monoisotopic (exact) mass is 568 g/mol. The third kappa shape index (κ3) is 3.45. The Bertz CT molecular complexity index is 1090. The Morgan fingerprint density at radius 1 is 0.878 bits per heavy atom. The molecule has 13 atom stereocenters. The SMILES string of the molecule is CCCCCCC12CC3CCC4CC5(O)OCC6(CCC(C3(C)C46)C1(C)CCC1(C)CCC(C)(C(=O)O)CC12)C5C. The van der Waals surface area contributed by atoms with E-state index in [1.165, 1.54) is 77.0 Å². The first kappa shape index (κ1) is 29.1. The van der Waals surface area contributed by atoms with E-state index in [1.54, 1.807) is 0 Å². The molecule has 0 amide bonds. The number of carboxylic acid groups (broad SMARTS) is 1. The van der Waals surface area contributed by atoms with Crippen LogP contribution in [0, 0.1) is 68.0 Å². The average Bonchev–Trinajstić information content (AvgIpc) is 3.07. The van der Waals surface area contributed by atoms with Gasteiger partial charge < -0.3 is 14.9 Å². The highest BCUT2D eigenvalue weighted by molar-refractivity contribution is 5.74. The second-order valence-electron chi connectivity index (χ2n) is 18.1. The topological polar surface area (TPSA) is 66.8 Å². The van der Waals surface area contributed by atoms with Crippen LogP contribution in [0.1, 0.15) is 144 Å². The van der Waals surface area contributed by atoms with Crippen molar-refractivity contribution in [1.29, 1.82) is 0 Å². The number of hydrogen-bond donors (Lipinski definition) is 2. The first-order valence-corrected chi connectivity index (χ1v) is 17.8. The van der Waals surface area contributed by atoms with E-state index in [2.05, 4.69) is 41.5 Å². The lowest BCUT2D eigenvalue weighted by molar-refractivity contribution is -0.313. The van der Waals surface area contributed by atoms with Crippen LogP contribution in [0.25, 0.3) is 0 Å². The van der Waals surface area contributed by atoms with Crippen LogP contribution in [-0.2, 0) is 9.53 Å². The van der Waals surface area contributed by atoms with Gasteiger partial charge in [0.25, 0.3) is 0 Å². The second-order valence-corrected chi connectivity index (χ2v) is 18.1. The maximum absolute atomic E-state index is 12.8. The largest absolute Gasteiger partial charge is 0.481 e. The minimum absolute atomic E-state index is 0.134. The van der Waals surface area contributed by atoms with Gasteiger partial charge in [-0.25, -0.2) is 0 Å². The highest BCUT2D eigenvalue weighted by atomic mass is 16.6. The molecule has 0 aromatic heterocycles. The summed E-state index contributed by atoms with van der Waals surface area (Å²) >= 11 is 0. The number of aliphatic hydroxyl groups is 1. The van der Waals surface area contributed by atoms with Crippen molar-refractivity contribution in [2.45, 2.75) is 150 Å². The molecule has 1 aliphatic heterocycles. The number of carbonyl (C=O) groups is 1. The van der Waals surface area contributed by atoms with Crippen molar-refractivity contribution < 1.29 is 19.7 Å². The third-order valence-electron chi connectivity index (χ3n) is 17.0. The Balaban J connectivity index is 1.35. The number of unbranched alkanes of at least 4 members (excludes halogenated alkanes) is 3. The summed E-state index contributed by atoms with van der Waals surface area (Å²) in [6.45, 7) is 15.5. The summed E-state index contributed by atoms with van der Waals surface area (Å²) < 4.78 is 6.37. The minimum Gasteiger partial charge on any atom is -0.481 e.